The third kappa shape index (κ3) is 25.1. The molecule has 0 aliphatic carbocycles. The van der Waals surface area contributed by atoms with E-state index in [1.54, 1.807) is 58.0 Å². The molecule has 75 heavy (non-hydrogen) atoms. The second kappa shape index (κ2) is 33.6. The fraction of sp³-hybridized carbons (Fsp3) is 0.640. The van der Waals surface area contributed by atoms with Crippen molar-refractivity contribution in [3.8, 4) is 0 Å². The number of hydrogen-bond acceptors (Lipinski definition) is 13. The number of aliphatic carboxylic acids is 2. The zero-order valence-electron chi connectivity index (χ0n) is 44.8. The fourth-order valence-corrected chi connectivity index (χ4v) is 7.30. The van der Waals surface area contributed by atoms with Gasteiger partial charge in [0.15, 0.2) is 0 Å². The van der Waals surface area contributed by atoms with Crippen molar-refractivity contribution in [3.05, 3.63) is 35.9 Å². The molecule has 0 aliphatic heterocycles. The van der Waals surface area contributed by atoms with Crippen LogP contribution in [0.5, 0.6) is 0 Å². The van der Waals surface area contributed by atoms with Crippen LogP contribution in [0.2, 0.25) is 0 Å². The molecule has 0 radical (unpaired) electrons. The first kappa shape index (κ1) is 65.8. The maximum atomic E-state index is 13.8. The van der Waals surface area contributed by atoms with Crippen LogP contribution in [0.3, 0.4) is 0 Å². The summed E-state index contributed by atoms with van der Waals surface area (Å²) in [5, 5.41) is 43.7. The Morgan fingerprint density at radius 3 is 1.41 bits per heavy atom. The first-order valence-electron chi connectivity index (χ1n) is 25.3. The minimum Gasteiger partial charge on any atom is -0.481 e. The summed E-state index contributed by atoms with van der Waals surface area (Å²) in [4.78, 5) is 155. The van der Waals surface area contributed by atoms with Crippen LogP contribution >= 0.6 is 0 Å². The lowest BCUT2D eigenvalue weighted by Gasteiger charge is -2.28. The monoisotopic (exact) mass is 1060 g/mol. The van der Waals surface area contributed by atoms with Crippen LogP contribution in [0.15, 0.2) is 30.3 Å². The summed E-state index contributed by atoms with van der Waals surface area (Å²) < 4.78 is 0. The fourth-order valence-electron chi connectivity index (χ4n) is 7.30. The van der Waals surface area contributed by atoms with Crippen molar-refractivity contribution in [3.63, 3.8) is 0 Å². The Morgan fingerprint density at radius 1 is 0.480 bits per heavy atom. The van der Waals surface area contributed by atoms with Gasteiger partial charge in [-0.1, -0.05) is 98.6 Å². The number of carbonyl (C=O) groups is 12. The van der Waals surface area contributed by atoms with Gasteiger partial charge in [0.05, 0.1) is 19.6 Å². The number of nitrogens with one attached hydrogen (secondary N) is 10. The molecule has 1 aromatic rings. The third-order valence-electron chi connectivity index (χ3n) is 12.0. The molecule has 1 aromatic carbocycles. The predicted molar refractivity (Wildman–Crippen MR) is 274 cm³/mol. The van der Waals surface area contributed by atoms with E-state index in [1.165, 1.54) is 13.8 Å². The number of carboxylic acids is 2. The molecule has 0 heterocycles. The van der Waals surface area contributed by atoms with Gasteiger partial charge >= 0.3 is 11.9 Å². The van der Waals surface area contributed by atoms with Gasteiger partial charge in [0.2, 0.25) is 59.1 Å². The Balaban J connectivity index is 3.01. The second-order valence-electron chi connectivity index (χ2n) is 19.5. The van der Waals surface area contributed by atoms with E-state index in [4.69, 9.17) is 10.8 Å². The quantitative estimate of drug-likeness (QED) is 0.0373. The number of hydrogen-bond donors (Lipinski definition) is 13. The van der Waals surface area contributed by atoms with Gasteiger partial charge in [0.1, 0.15) is 48.3 Å². The topological polar surface area (TPSA) is 392 Å². The van der Waals surface area contributed by atoms with E-state index in [9.17, 15) is 62.6 Å². The summed E-state index contributed by atoms with van der Waals surface area (Å²) in [7, 11) is 0. The van der Waals surface area contributed by atoms with Crippen molar-refractivity contribution in [2.24, 2.45) is 29.4 Å². The van der Waals surface area contributed by atoms with Crippen LogP contribution in [-0.2, 0) is 64.0 Å². The Bertz CT molecular complexity index is 2130. The molecule has 0 bridgehead atoms. The van der Waals surface area contributed by atoms with E-state index in [-0.39, 0.29) is 37.6 Å². The van der Waals surface area contributed by atoms with E-state index in [2.05, 4.69) is 53.2 Å². The maximum absolute atomic E-state index is 13.8. The molecular weight excluding hydrogens is 979 g/mol. The first-order valence-corrected chi connectivity index (χ1v) is 25.3. The maximum Gasteiger partial charge on any atom is 0.326 e. The van der Waals surface area contributed by atoms with Crippen molar-refractivity contribution in [1.29, 1.82) is 0 Å². The zero-order chi connectivity index (χ0) is 57.1. The number of amides is 10. The average Bonchev–Trinajstić information content (AvgIpc) is 3.35. The second-order valence-corrected chi connectivity index (χ2v) is 19.5. The molecule has 1 rings (SSSR count). The lowest BCUT2D eigenvalue weighted by molar-refractivity contribution is -0.144. The minimum absolute atomic E-state index is 0.0156. The lowest BCUT2D eigenvalue weighted by atomic mass is 9.96. The van der Waals surface area contributed by atoms with Crippen molar-refractivity contribution in [2.75, 3.05) is 19.6 Å². The van der Waals surface area contributed by atoms with E-state index in [1.807, 2.05) is 27.7 Å². The molecule has 420 valence electrons. The van der Waals surface area contributed by atoms with Crippen LogP contribution in [0.4, 0.5) is 0 Å². The standard InChI is InChI=1S/C50H81N11O14/c1-11-28(7)41(60-44(68)31(10)54-38(63)24-53-45(69)34(20-26(3)4)59-46(70)35(21-27(5)6)56-37(62)23-51)48(72)55-30(9)43(67)52-25-39(64)57-36(22-32-16-14-13-15-17-32)47(71)61-42(29(8)12-2)49(73)58-33(50(74)75)18-19-40(65)66/h13-17,26-31,33-36,41-42H,11-12,18-25,51H2,1-10H3,(H,52,67)(H,53,69)(H,54,63)(H,55,72)(H,56,62)(H,57,64)(H,58,73)(H,59,70)(H,60,68)(H,61,71)(H,65,66)(H,74,75)/t28-,29-,30-,31-,33-,34-,35-,36-,41-,42-/m0/s1. The minimum atomic E-state index is -1.56. The summed E-state index contributed by atoms with van der Waals surface area (Å²) in [6.07, 6.45) is 0.225. The van der Waals surface area contributed by atoms with Crippen molar-refractivity contribution < 1.29 is 67.7 Å². The predicted octanol–water partition coefficient (Wildman–Crippen LogP) is -1.53. The van der Waals surface area contributed by atoms with E-state index in [0.717, 1.165) is 0 Å². The molecule has 0 aliphatic rings. The summed E-state index contributed by atoms with van der Waals surface area (Å²) in [5.41, 5.74) is 6.03. The van der Waals surface area contributed by atoms with Crippen LogP contribution in [0.25, 0.3) is 0 Å². The molecule has 25 heteroatoms. The van der Waals surface area contributed by atoms with Gasteiger partial charge in [-0.3, -0.25) is 52.7 Å². The highest BCUT2D eigenvalue weighted by molar-refractivity contribution is 5.98. The molecule has 0 fully saturated rings. The van der Waals surface area contributed by atoms with Crippen molar-refractivity contribution in [2.45, 2.75) is 163 Å². The smallest absolute Gasteiger partial charge is 0.326 e. The van der Waals surface area contributed by atoms with Gasteiger partial charge in [0.25, 0.3) is 0 Å². The molecule has 0 spiro atoms. The Labute approximate surface area is 438 Å². The van der Waals surface area contributed by atoms with Gasteiger partial charge < -0.3 is 69.1 Å². The number of carboxylic acid groups (broad SMARTS) is 2. The van der Waals surface area contributed by atoms with Gasteiger partial charge in [-0.05, 0) is 62.3 Å². The summed E-state index contributed by atoms with van der Waals surface area (Å²) >= 11 is 0. The van der Waals surface area contributed by atoms with Gasteiger partial charge in [-0.25, -0.2) is 4.79 Å². The van der Waals surface area contributed by atoms with Crippen LogP contribution in [0.1, 0.15) is 113 Å². The number of carbonyl (C=O) groups excluding carboxylic acids is 10. The first-order chi connectivity index (χ1) is 35.1. The number of rotatable bonds is 34. The van der Waals surface area contributed by atoms with Crippen LogP contribution < -0.4 is 58.9 Å². The lowest BCUT2D eigenvalue weighted by Crippen LogP contribution is -2.59. The molecule has 10 atom stereocenters. The molecule has 0 saturated carbocycles. The van der Waals surface area contributed by atoms with Gasteiger partial charge in [-0.2, -0.15) is 0 Å². The summed E-state index contributed by atoms with van der Waals surface area (Å²) in [5.74, 6) is -11.2. The van der Waals surface area contributed by atoms with Crippen LogP contribution in [-0.4, -0.2) is 149 Å². The largest absolute Gasteiger partial charge is 0.481 e. The number of benzene rings is 1. The number of nitrogens with two attached hydrogens (primary N) is 1. The Kier molecular flexibility index (Phi) is 29.5. The zero-order valence-corrected chi connectivity index (χ0v) is 44.8. The van der Waals surface area contributed by atoms with Gasteiger partial charge in [-0.15, -0.1) is 0 Å². The highest BCUT2D eigenvalue weighted by Gasteiger charge is 2.34. The van der Waals surface area contributed by atoms with Crippen molar-refractivity contribution in [1.82, 2.24) is 53.2 Å². The molecule has 0 aromatic heterocycles. The van der Waals surface area contributed by atoms with E-state index >= 15 is 0 Å². The molecular formula is C50H81N11O14. The van der Waals surface area contributed by atoms with E-state index in [0.29, 0.717) is 18.4 Å². The van der Waals surface area contributed by atoms with Gasteiger partial charge in [0, 0.05) is 12.8 Å². The van der Waals surface area contributed by atoms with Crippen molar-refractivity contribution >= 4 is 71.0 Å². The van der Waals surface area contributed by atoms with E-state index < -0.39 is 157 Å². The summed E-state index contributed by atoms with van der Waals surface area (Å²) in [6, 6.07) is -1.31. The third-order valence-corrected chi connectivity index (χ3v) is 12.0. The van der Waals surface area contributed by atoms with Crippen LogP contribution in [0, 0.1) is 23.7 Å². The molecule has 0 saturated heterocycles. The molecule has 0 unspecified atom stereocenters. The Morgan fingerprint density at radius 2 is 0.920 bits per heavy atom. The SMILES string of the molecule is CC[C@H](C)[C@H](NC(=O)[C@H](C)NC(=O)CNC(=O)[C@H](CC(C)C)NC(=O)[C@H](CC(C)C)NC(=O)CN)C(=O)N[C@@H](C)C(=O)NCC(=O)N[C@@H](Cc1ccccc1)C(=O)N[C@H](C(=O)N[C@@H](CCC(=O)O)C(=O)O)[C@@H](C)CC. The highest BCUT2D eigenvalue weighted by Crippen LogP contribution is 2.13. The average molecular weight is 1060 g/mol. The molecule has 10 amide bonds. The normalized spacial score (nSPS) is 15.1. The summed E-state index contributed by atoms with van der Waals surface area (Å²) in [6.45, 7) is 15.3. The highest BCUT2D eigenvalue weighted by atomic mass is 16.4. The Hall–Kier alpha value is -7.18. The molecule has 25 nitrogen and oxygen atoms in total. The molecule has 14 N–H and O–H groups in total.